The zero-order chi connectivity index (χ0) is 21.7. The molecule has 1 aromatic heterocycles. The summed E-state index contributed by atoms with van der Waals surface area (Å²) in [4.78, 5) is 21.8. The molecule has 1 unspecified atom stereocenters. The Morgan fingerprint density at radius 1 is 1.14 bits per heavy atom. The number of hydrogen-bond acceptors (Lipinski definition) is 5. The second-order valence-electron chi connectivity index (χ2n) is 6.42. The summed E-state index contributed by atoms with van der Waals surface area (Å²) in [5.74, 6) is -2.52. The van der Waals surface area contributed by atoms with Crippen molar-refractivity contribution in [2.45, 2.75) is 64.6 Å². The third-order valence-corrected chi connectivity index (χ3v) is 3.78. The van der Waals surface area contributed by atoms with Gasteiger partial charge < -0.3 is 5.32 Å². The molecule has 0 saturated heterocycles. The van der Waals surface area contributed by atoms with E-state index in [1.807, 2.05) is 19.1 Å². The van der Waals surface area contributed by atoms with E-state index in [2.05, 4.69) is 44.3 Å². The zero-order valence-electron chi connectivity index (χ0n) is 16.8. The molecule has 0 saturated carbocycles. The fraction of sp³-hybridized carbons (Fsp3) is 0.500. The topological polar surface area (TPSA) is 79.8 Å². The number of hydrogen-bond donors (Lipinski definition) is 2. The van der Waals surface area contributed by atoms with Crippen LogP contribution in [-0.2, 0) is 11.0 Å². The maximum absolute atomic E-state index is 13.1. The summed E-state index contributed by atoms with van der Waals surface area (Å²) in [6.07, 6.45) is 9.93. The number of nitrogens with zero attached hydrogens (tertiary/aromatic N) is 3. The molecule has 6 nitrogen and oxygen atoms in total. The SMILES string of the molecule is C=C/C=C\C/C=C\CCCC(CCC)Nc1nc(NC(C)=O)nc(C(F)(F)F)n1. The molecule has 0 spiro atoms. The summed E-state index contributed by atoms with van der Waals surface area (Å²) in [7, 11) is 0. The van der Waals surface area contributed by atoms with Crippen molar-refractivity contribution in [1.29, 1.82) is 0 Å². The highest BCUT2D eigenvalue weighted by Crippen LogP contribution is 2.27. The number of unbranched alkanes of at least 4 members (excludes halogenated alkanes) is 1. The molecule has 0 aliphatic rings. The predicted octanol–water partition coefficient (Wildman–Crippen LogP) is 5.29. The monoisotopic (exact) mass is 411 g/mol. The molecule has 0 bridgehead atoms. The number of amides is 1. The van der Waals surface area contributed by atoms with Gasteiger partial charge in [-0.1, -0.05) is 50.3 Å². The van der Waals surface area contributed by atoms with Gasteiger partial charge in [-0.3, -0.25) is 10.1 Å². The molecule has 160 valence electrons. The number of carbonyl (C=O) groups excluding carboxylic acids is 1. The number of aromatic nitrogens is 3. The lowest BCUT2D eigenvalue weighted by atomic mass is 10.0. The number of rotatable bonds is 12. The molecule has 0 aliphatic carbocycles. The van der Waals surface area contributed by atoms with Gasteiger partial charge in [0, 0.05) is 13.0 Å². The molecule has 1 heterocycles. The van der Waals surface area contributed by atoms with Crippen molar-refractivity contribution < 1.29 is 18.0 Å². The Labute approximate surface area is 169 Å². The number of alkyl halides is 3. The molecule has 1 atom stereocenters. The highest BCUT2D eigenvalue weighted by atomic mass is 19.4. The normalized spacial score (nSPS) is 13.0. The number of allylic oxidation sites excluding steroid dienone is 5. The van der Waals surface area contributed by atoms with Gasteiger partial charge in [-0.25, -0.2) is 0 Å². The zero-order valence-corrected chi connectivity index (χ0v) is 16.8. The highest BCUT2D eigenvalue weighted by Gasteiger charge is 2.36. The summed E-state index contributed by atoms with van der Waals surface area (Å²) in [5.41, 5.74) is 0. The van der Waals surface area contributed by atoms with E-state index in [1.165, 1.54) is 6.92 Å². The van der Waals surface area contributed by atoms with Gasteiger partial charge in [0.25, 0.3) is 0 Å². The quantitative estimate of drug-likeness (QED) is 0.278. The molecular formula is C20H28F3N5O. The van der Waals surface area contributed by atoms with Crippen LogP contribution < -0.4 is 10.6 Å². The Morgan fingerprint density at radius 3 is 2.48 bits per heavy atom. The number of nitrogens with one attached hydrogen (secondary N) is 2. The third-order valence-electron chi connectivity index (χ3n) is 3.78. The first-order chi connectivity index (χ1) is 13.8. The lowest BCUT2D eigenvalue weighted by Gasteiger charge is -2.19. The molecule has 2 N–H and O–H groups in total. The summed E-state index contributed by atoms with van der Waals surface area (Å²) < 4.78 is 39.2. The lowest BCUT2D eigenvalue weighted by Crippen LogP contribution is -2.24. The number of anilines is 2. The summed E-state index contributed by atoms with van der Waals surface area (Å²) >= 11 is 0. The minimum absolute atomic E-state index is 0.0808. The maximum Gasteiger partial charge on any atom is 0.451 e. The molecule has 1 aromatic rings. The van der Waals surface area contributed by atoms with Crippen molar-refractivity contribution >= 4 is 17.8 Å². The second-order valence-corrected chi connectivity index (χ2v) is 6.42. The van der Waals surface area contributed by atoms with E-state index in [-0.39, 0.29) is 12.0 Å². The second kappa shape index (κ2) is 12.7. The summed E-state index contributed by atoms with van der Waals surface area (Å²) in [6, 6.07) is -0.0808. The molecule has 29 heavy (non-hydrogen) atoms. The van der Waals surface area contributed by atoms with Gasteiger partial charge in [0.15, 0.2) is 0 Å². The Kier molecular flexibility index (Phi) is 10.6. The van der Waals surface area contributed by atoms with Gasteiger partial charge >= 0.3 is 6.18 Å². The average Bonchev–Trinajstić information content (AvgIpc) is 2.62. The fourth-order valence-electron chi connectivity index (χ4n) is 2.55. The highest BCUT2D eigenvalue weighted by molar-refractivity contribution is 5.86. The van der Waals surface area contributed by atoms with E-state index < -0.39 is 23.9 Å². The lowest BCUT2D eigenvalue weighted by molar-refractivity contribution is -0.145. The molecule has 1 rings (SSSR count). The summed E-state index contributed by atoms with van der Waals surface area (Å²) in [6.45, 7) is 6.77. The first kappa shape index (κ1) is 24.3. The van der Waals surface area contributed by atoms with Crippen LogP contribution in [0.2, 0.25) is 0 Å². The van der Waals surface area contributed by atoms with Crippen molar-refractivity contribution in [3.63, 3.8) is 0 Å². The molecule has 1 amide bonds. The van der Waals surface area contributed by atoms with E-state index in [4.69, 9.17) is 0 Å². The van der Waals surface area contributed by atoms with E-state index in [9.17, 15) is 18.0 Å². The number of halogens is 3. The van der Waals surface area contributed by atoms with Crippen LogP contribution in [0.1, 0.15) is 58.2 Å². The van der Waals surface area contributed by atoms with E-state index in [0.717, 1.165) is 38.5 Å². The van der Waals surface area contributed by atoms with Crippen LogP contribution >= 0.6 is 0 Å². The average molecular weight is 411 g/mol. The van der Waals surface area contributed by atoms with Gasteiger partial charge in [0.05, 0.1) is 0 Å². The van der Waals surface area contributed by atoms with Gasteiger partial charge in [-0.2, -0.15) is 28.1 Å². The van der Waals surface area contributed by atoms with Crippen LogP contribution in [0, 0.1) is 0 Å². The van der Waals surface area contributed by atoms with Gasteiger partial charge in [0.2, 0.25) is 23.6 Å². The minimum Gasteiger partial charge on any atom is -0.351 e. The van der Waals surface area contributed by atoms with E-state index >= 15 is 0 Å². The summed E-state index contributed by atoms with van der Waals surface area (Å²) in [5, 5.41) is 5.15. The van der Waals surface area contributed by atoms with Crippen molar-refractivity contribution in [3.8, 4) is 0 Å². The van der Waals surface area contributed by atoms with Gasteiger partial charge in [-0.05, 0) is 32.1 Å². The molecule has 0 fully saturated rings. The third kappa shape index (κ3) is 10.4. The van der Waals surface area contributed by atoms with Crippen molar-refractivity contribution in [2.75, 3.05) is 10.6 Å². The Bertz CT molecular complexity index is 717. The first-order valence-electron chi connectivity index (χ1n) is 9.56. The van der Waals surface area contributed by atoms with Crippen LogP contribution in [-0.4, -0.2) is 26.9 Å². The van der Waals surface area contributed by atoms with Gasteiger partial charge in [-0.15, -0.1) is 0 Å². The van der Waals surface area contributed by atoms with Crippen molar-refractivity contribution in [2.24, 2.45) is 0 Å². The fourth-order valence-corrected chi connectivity index (χ4v) is 2.55. The van der Waals surface area contributed by atoms with Crippen LogP contribution in [0.3, 0.4) is 0 Å². The standard InChI is InChI=1S/C20H28F3N5O/c1-4-6-7-8-9-10-11-12-14-16(13-5-2)25-19-27-17(20(21,22)23)26-18(28-19)24-15(3)29/h4,6-7,9-10,16H,1,5,8,11-14H2,2-3H3,(H2,24,25,26,27,28,29)/b7-6-,10-9-. The molecular weight excluding hydrogens is 383 g/mol. The van der Waals surface area contributed by atoms with Crippen molar-refractivity contribution in [1.82, 2.24) is 15.0 Å². The van der Waals surface area contributed by atoms with Crippen LogP contribution in [0.5, 0.6) is 0 Å². The number of carbonyl (C=O) groups is 1. The Balaban J connectivity index is 2.77. The van der Waals surface area contributed by atoms with Gasteiger partial charge in [0.1, 0.15) is 0 Å². The van der Waals surface area contributed by atoms with Crippen LogP contribution in [0.25, 0.3) is 0 Å². The maximum atomic E-state index is 13.1. The molecule has 0 radical (unpaired) electrons. The van der Waals surface area contributed by atoms with Crippen molar-refractivity contribution in [3.05, 3.63) is 42.8 Å². The molecule has 9 heteroatoms. The smallest absolute Gasteiger partial charge is 0.351 e. The molecule has 0 aliphatic heterocycles. The first-order valence-corrected chi connectivity index (χ1v) is 9.56. The largest absolute Gasteiger partial charge is 0.451 e. The van der Waals surface area contributed by atoms with E-state index in [0.29, 0.717) is 0 Å². The molecule has 0 aromatic carbocycles. The van der Waals surface area contributed by atoms with Crippen LogP contribution in [0.15, 0.2) is 37.0 Å². The Morgan fingerprint density at radius 2 is 1.86 bits per heavy atom. The Hall–Kier alpha value is -2.71. The van der Waals surface area contributed by atoms with E-state index in [1.54, 1.807) is 6.08 Å². The minimum atomic E-state index is -4.74. The van der Waals surface area contributed by atoms with Crippen LogP contribution in [0.4, 0.5) is 25.1 Å². The predicted molar refractivity (Wildman–Crippen MR) is 108 cm³/mol.